The number of carbonyl (C=O) groups excluding carboxylic acids is 1. The van der Waals surface area contributed by atoms with E-state index in [9.17, 15) is 9.59 Å². The van der Waals surface area contributed by atoms with E-state index in [2.05, 4.69) is 12.2 Å². The van der Waals surface area contributed by atoms with Crippen molar-refractivity contribution in [3.8, 4) is 16.9 Å². The van der Waals surface area contributed by atoms with E-state index in [1.54, 1.807) is 30.3 Å². The van der Waals surface area contributed by atoms with Crippen LogP contribution in [0.5, 0.6) is 5.75 Å². The minimum absolute atomic E-state index is 0.213. The molecule has 3 rings (SSSR count). The number of carboxylic acids is 1. The van der Waals surface area contributed by atoms with Crippen molar-refractivity contribution < 1.29 is 19.4 Å². The molecule has 6 heteroatoms. The Labute approximate surface area is 199 Å². The largest absolute Gasteiger partial charge is 0.493 e. The average Bonchev–Trinajstić information content (AvgIpc) is 2.80. The van der Waals surface area contributed by atoms with Gasteiger partial charge in [-0.25, -0.2) is 4.79 Å². The average molecular weight is 466 g/mol. The summed E-state index contributed by atoms with van der Waals surface area (Å²) in [6.45, 7) is 5.03. The molecule has 0 radical (unpaired) electrons. The summed E-state index contributed by atoms with van der Waals surface area (Å²) in [5.41, 5.74) is 4.73. The number of benzene rings is 3. The third kappa shape index (κ3) is 6.59. The zero-order valence-corrected chi connectivity index (χ0v) is 19.6. The normalized spacial score (nSPS) is 10.6. The van der Waals surface area contributed by atoms with Crippen LogP contribution in [-0.2, 0) is 6.42 Å². The van der Waals surface area contributed by atoms with Crippen molar-refractivity contribution in [3.05, 3.63) is 87.9 Å². The number of halogens is 1. The number of aryl methyl sites for hydroxylation is 1. The highest BCUT2D eigenvalue weighted by Crippen LogP contribution is 2.25. The van der Waals surface area contributed by atoms with Crippen LogP contribution in [0.1, 0.15) is 51.6 Å². The van der Waals surface area contributed by atoms with Gasteiger partial charge in [0.25, 0.3) is 5.91 Å². The molecule has 0 aliphatic heterocycles. The molecule has 0 saturated carbocycles. The predicted molar refractivity (Wildman–Crippen MR) is 131 cm³/mol. The van der Waals surface area contributed by atoms with Crippen molar-refractivity contribution in [1.82, 2.24) is 5.32 Å². The second-order valence-corrected chi connectivity index (χ2v) is 8.32. The first-order chi connectivity index (χ1) is 15.9. The molecular formula is C27H28ClNO4. The Morgan fingerprint density at radius 1 is 1.03 bits per heavy atom. The highest BCUT2D eigenvalue weighted by Gasteiger charge is 2.13. The summed E-state index contributed by atoms with van der Waals surface area (Å²) in [7, 11) is 0. The van der Waals surface area contributed by atoms with Crippen molar-refractivity contribution in [2.24, 2.45) is 0 Å². The molecule has 5 nitrogen and oxygen atoms in total. The van der Waals surface area contributed by atoms with E-state index in [1.807, 2.05) is 37.3 Å². The van der Waals surface area contributed by atoms with E-state index in [0.717, 1.165) is 35.1 Å². The SMILES string of the molecule is CCCCOc1ccc(Cl)cc1C(=O)NCCc1ccc(-c2ccc(C(=O)O)cc2C)cc1. The smallest absolute Gasteiger partial charge is 0.335 e. The van der Waals surface area contributed by atoms with Gasteiger partial charge in [0.05, 0.1) is 17.7 Å². The fourth-order valence-electron chi connectivity index (χ4n) is 3.52. The van der Waals surface area contributed by atoms with E-state index in [-0.39, 0.29) is 11.5 Å². The van der Waals surface area contributed by atoms with Crippen molar-refractivity contribution in [3.63, 3.8) is 0 Å². The first-order valence-electron chi connectivity index (χ1n) is 11.0. The van der Waals surface area contributed by atoms with Crippen LogP contribution in [0, 0.1) is 6.92 Å². The summed E-state index contributed by atoms with van der Waals surface area (Å²) < 4.78 is 5.75. The molecule has 3 aromatic carbocycles. The molecule has 172 valence electrons. The number of aromatic carboxylic acids is 1. The minimum Gasteiger partial charge on any atom is -0.493 e. The van der Waals surface area contributed by atoms with Gasteiger partial charge in [0.15, 0.2) is 0 Å². The lowest BCUT2D eigenvalue weighted by Crippen LogP contribution is -2.26. The molecule has 0 aromatic heterocycles. The van der Waals surface area contributed by atoms with Gasteiger partial charge in [0.2, 0.25) is 0 Å². The Balaban J connectivity index is 1.60. The molecular weight excluding hydrogens is 438 g/mol. The maximum absolute atomic E-state index is 12.7. The molecule has 1 amide bonds. The predicted octanol–water partition coefficient (Wildman–Crippen LogP) is 6.17. The number of unbranched alkanes of at least 4 members (excludes halogenated alkanes) is 1. The molecule has 33 heavy (non-hydrogen) atoms. The van der Waals surface area contributed by atoms with Gasteiger partial charge in [-0.1, -0.05) is 55.3 Å². The number of carboxylic acid groups (broad SMARTS) is 1. The highest BCUT2D eigenvalue weighted by molar-refractivity contribution is 6.31. The fourth-order valence-corrected chi connectivity index (χ4v) is 3.69. The Morgan fingerprint density at radius 2 is 1.79 bits per heavy atom. The van der Waals surface area contributed by atoms with Gasteiger partial charge in [0, 0.05) is 11.6 Å². The molecule has 3 aromatic rings. The van der Waals surface area contributed by atoms with Crippen molar-refractivity contribution in [2.75, 3.05) is 13.2 Å². The van der Waals surface area contributed by atoms with E-state index in [1.165, 1.54) is 0 Å². The Bertz CT molecular complexity index is 1130. The van der Waals surface area contributed by atoms with Crippen LogP contribution in [0.15, 0.2) is 60.7 Å². The standard InChI is InChI=1S/C27H28ClNO4/c1-3-4-15-33-25-12-10-22(28)17-24(25)26(30)29-14-13-19-5-7-20(8-6-19)23-11-9-21(27(31)32)16-18(23)2/h5-12,16-17H,3-4,13-15H2,1-2H3,(H,29,30)(H,31,32). The summed E-state index contributed by atoms with van der Waals surface area (Å²) >= 11 is 6.09. The number of hydrogen-bond donors (Lipinski definition) is 2. The summed E-state index contributed by atoms with van der Waals surface area (Å²) in [4.78, 5) is 23.8. The maximum Gasteiger partial charge on any atom is 0.335 e. The number of ether oxygens (including phenoxy) is 1. The van der Waals surface area contributed by atoms with Crippen LogP contribution in [-0.4, -0.2) is 30.1 Å². The fraction of sp³-hybridized carbons (Fsp3) is 0.259. The molecule has 0 saturated heterocycles. The molecule has 0 atom stereocenters. The Hall–Kier alpha value is -3.31. The van der Waals surface area contributed by atoms with E-state index in [4.69, 9.17) is 21.4 Å². The lowest BCUT2D eigenvalue weighted by molar-refractivity contribution is 0.0696. The molecule has 0 spiro atoms. The Morgan fingerprint density at radius 3 is 2.45 bits per heavy atom. The van der Waals surface area contributed by atoms with Gasteiger partial charge in [0.1, 0.15) is 5.75 Å². The van der Waals surface area contributed by atoms with Crippen molar-refractivity contribution in [2.45, 2.75) is 33.1 Å². The second kappa shape index (κ2) is 11.5. The third-order valence-corrected chi connectivity index (χ3v) is 5.61. The van der Waals surface area contributed by atoms with E-state index >= 15 is 0 Å². The van der Waals surface area contributed by atoms with Crippen LogP contribution >= 0.6 is 11.6 Å². The summed E-state index contributed by atoms with van der Waals surface area (Å²) in [5, 5.41) is 12.6. The van der Waals surface area contributed by atoms with Gasteiger partial charge in [-0.2, -0.15) is 0 Å². The number of carbonyl (C=O) groups is 2. The van der Waals surface area contributed by atoms with Crippen LogP contribution in [0.2, 0.25) is 5.02 Å². The van der Waals surface area contributed by atoms with Gasteiger partial charge in [-0.3, -0.25) is 4.79 Å². The topological polar surface area (TPSA) is 75.6 Å². The summed E-state index contributed by atoms with van der Waals surface area (Å²) in [5.74, 6) is -0.604. The van der Waals surface area contributed by atoms with Gasteiger partial charge in [-0.05, 0) is 72.4 Å². The van der Waals surface area contributed by atoms with Crippen LogP contribution in [0.3, 0.4) is 0 Å². The minimum atomic E-state index is -0.931. The molecule has 0 unspecified atom stereocenters. The zero-order chi connectivity index (χ0) is 23.8. The number of hydrogen-bond acceptors (Lipinski definition) is 3. The van der Waals surface area contributed by atoms with E-state index < -0.39 is 5.97 Å². The molecule has 0 aliphatic carbocycles. The third-order valence-electron chi connectivity index (χ3n) is 5.38. The van der Waals surface area contributed by atoms with Crippen molar-refractivity contribution >= 4 is 23.5 Å². The van der Waals surface area contributed by atoms with E-state index in [0.29, 0.717) is 35.9 Å². The quantitative estimate of drug-likeness (QED) is 0.351. The lowest BCUT2D eigenvalue weighted by Gasteiger charge is -2.12. The van der Waals surface area contributed by atoms with Gasteiger partial charge < -0.3 is 15.2 Å². The second-order valence-electron chi connectivity index (χ2n) is 7.88. The lowest BCUT2D eigenvalue weighted by atomic mass is 9.97. The van der Waals surface area contributed by atoms with Crippen LogP contribution < -0.4 is 10.1 Å². The van der Waals surface area contributed by atoms with Crippen LogP contribution in [0.4, 0.5) is 0 Å². The summed E-state index contributed by atoms with van der Waals surface area (Å²) in [6, 6.07) is 18.3. The van der Waals surface area contributed by atoms with Gasteiger partial charge in [-0.15, -0.1) is 0 Å². The molecule has 0 aliphatic rings. The maximum atomic E-state index is 12.7. The molecule has 0 heterocycles. The molecule has 2 N–H and O–H groups in total. The first kappa shape index (κ1) is 24.3. The number of amides is 1. The molecule has 0 fully saturated rings. The van der Waals surface area contributed by atoms with Crippen molar-refractivity contribution in [1.29, 1.82) is 0 Å². The monoisotopic (exact) mass is 465 g/mol. The van der Waals surface area contributed by atoms with Crippen LogP contribution in [0.25, 0.3) is 11.1 Å². The number of nitrogens with one attached hydrogen (secondary N) is 1. The Kier molecular flexibility index (Phi) is 8.50. The zero-order valence-electron chi connectivity index (χ0n) is 18.9. The summed E-state index contributed by atoms with van der Waals surface area (Å²) in [6.07, 6.45) is 2.61. The highest BCUT2D eigenvalue weighted by atomic mass is 35.5. The molecule has 0 bridgehead atoms. The number of rotatable bonds is 10. The first-order valence-corrected chi connectivity index (χ1v) is 11.4. The van der Waals surface area contributed by atoms with Gasteiger partial charge >= 0.3 is 5.97 Å².